The second kappa shape index (κ2) is 22.9. The zero-order valence-electron chi connectivity index (χ0n) is 42.5. The van der Waals surface area contributed by atoms with Gasteiger partial charge in [-0.2, -0.15) is 19.5 Å². The van der Waals surface area contributed by atoms with Gasteiger partial charge in [0.05, 0.1) is 14.7 Å². The molecular weight excluding hydrogens is 1030 g/mol. The first-order chi connectivity index (χ1) is 35.7. The molecule has 6 aliphatic heterocycles. The molecule has 0 saturated carbocycles. The summed E-state index contributed by atoms with van der Waals surface area (Å²) in [6.07, 6.45) is 11.9. The number of benzene rings is 3. The van der Waals surface area contributed by atoms with Gasteiger partial charge in [0.15, 0.2) is 15.5 Å². The van der Waals surface area contributed by atoms with Gasteiger partial charge in [0.25, 0.3) is 17.7 Å². The van der Waals surface area contributed by atoms with Crippen molar-refractivity contribution < 1.29 is 45.7 Å². The smallest absolute Gasteiger partial charge is 0.385 e. The Morgan fingerprint density at radius 2 is 0.703 bits per heavy atom. The highest BCUT2D eigenvalue weighted by molar-refractivity contribution is 8.19. The fourth-order valence-electron chi connectivity index (χ4n) is 10.4. The summed E-state index contributed by atoms with van der Waals surface area (Å²) in [5.74, 6) is -4.64. The van der Waals surface area contributed by atoms with Gasteiger partial charge in [0.1, 0.15) is 34.7 Å². The van der Waals surface area contributed by atoms with E-state index >= 15 is 17.7 Å². The first-order valence-corrected chi connectivity index (χ1v) is 29.6. The summed E-state index contributed by atoms with van der Waals surface area (Å²) in [4.78, 5) is 60.8. The maximum atomic E-state index is 16.6. The van der Waals surface area contributed by atoms with E-state index in [2.05, 4.69) is 15.0 Å². The van der Waals surface area contributed by atoms with Gasteiger partial charge in [-0.15, -0.1) is 0 Å². The molecule has 0 bridgehead atoms. The Labute approximate surface area is 443 Å². The van der Waals surface area contributed by atoms with Gasteiger partial charge in [-0.05, 0) is 164 Å². The van der Waals surface area contributed by atoms with Crippen LogP contribution < -0.4 is 13.6 Å². The van der Waals surface area contributed by atoms with Gasteiger partial charge >= 0.3 is 7.82 Å². The van der Waals surface area contributed by atoms with Crippen molar-refractivity contribution in [1.29, 1.82) is 0 Å². The molecule has 3 fully saturated rings. The number of hydrogen-bond acceptors (Lipinski definition) is 13. The fourth-order valence-corrected chi connectivity index (χ4v) is 14.5. The number of carbonyl (C=O) groups excluding carboxylic acids is 3. The Balaban J connectivity index is 1.23. The number of phosphoric ester groups is 1. The summed E-state index contributed by atoms with van der Waals surface area (Å²) in [7, 11) is -5.43. The van der Waals surface area contributed by atoms with E-state index in [9.17, 15) is 14.4 Å². The molecule has 6 heterocycles. The summed E-state index contributed by atoms with van der Waals surface area (Å²) < 4.78 is 85.7. The Morgan fingerprint density at radius 1 is 0.459 bits per heavy atom. The van der Waals surface area contributed by atoms with Crippen LogP contribution in [-0.4, -0.2) is 87.2 Å². The molecule has 6 aliphatic rings. The molecule has 0 unspecified atom stereocenters. The number of hydrogen-bond donors (Lipinski definition) is 0. The Hall–Kier alpha value is -5.23. The second-order valence-corrected chi connectivity index (χ2v) is 23.0. The molecule has 9 rings (SSSR count). The molecule has 74 heavy (non-hydrogen) atoms. The van der Waals surface area contributed by atoms with Gasteiger partial charge < -0.3 is 28.3 Å². The molecule has 0 atom stereocenters. The van der Waals surface area contributed by atoms with E-state index in [1.807, 2.05) is 35.5 Å². The first kappa shape index (κ1) is 53.6. The molecule has 0 spiro atoms. The van der Waals surface area contributed by atoms with E-state index in [-0.39, 0.29) is 87.2 Å². The third-order valence-electron chi connectivity index (χ3n) is 14.0. The van der Waals surface area contributed by atoms with Crippen LogP contribution in [0.3, 0.4) is 0 Å². The zero-order chi connectivity index (χ0) is 52.4. The third-order valence-corrected chi connectivity index (χ3v) is 18.4. The summed E-state index contributed by atoms with van der Waals surface area (Å²) in [5, 5.41) is 1.63. The van der Waals surface area contributed by atoms with Crippen molar-refractivity contribution in [2.24, 2.45) is 15.0 Å². The number of halogens is 3. The van der Waals surface area contributed by atoms with Crippen LogP contribution in [0.15, 0.2) is 47.9 Å². The summed E-state index contributed by atoms with van der Waals surface area (Å²) >= 11 is 3.52. The third kappa shape index (κ3) is 10.9. The number of rotatable bonds is 15. The number of nitrogens with zero attached hydrogens (tertiary/aromatic N) is 6. The van der Waals surface area contributed by atoms with Crippen LogP contribution in [0, 0.1) is 17.5 Å². The lowest BCUT2D eigenvalue weighted by atomic mass is 9.95. The molecule has 20 heteroatoms. The molecule has 392 valence electrons. The molecule has 0 N–H and O–H groups in total. The molecule has 0 aromatic heterocycles. The minimum Gasteiger partial charge on any atom is -0.385 e. The van der Waals surface area contributed by atoms with Gasteiger partial charge in [-0.25, -0.2) is 13.2 Å². The van der Waals surface area contributed by atoms with Crippen LogP contribution in [0.5, 0.6) is 17.2 Å². The highest BCUT2D eigenvalue weighted by Gasteiger charge is 2.40. The molecule has 3 amide bonds. The van der Waals surface area contributed by atoms with Crippen LogP contribution in [-0.2, 0) is 57.5 Å². The van der Waals surface area contributed by atoms with Crippen molar-refractivity contribution >= 4 is 94.6 Å². The van der Waals surface area contributed by atoms with E-state index in [0.29, 0.717) is 48.9 Å². The maximum Gasteiger partial charge on any atom is 0.647 e. The lowest BCUT2D eigenvalue weighted by Gasteiger charge is -2.26. The SMILES string of the molecule is CCc1c(F)cc(OP(=O)(Oc2cc(F)c(CC)c(CC)c2/C=C2\SC(N3CCCC3)=NC2=O)Oc2cc(F)c(CC)c(CC)c2/C=C2\SC(N3CCCC3)=NC2=O)c(/C=C2\SC(N3CCCC3)=NC2=O)c1CC. The van der Waals surface area contributed by atoms with E-state index in [4.69, 9.17) is 13.6 Å². The number of amidine groups is 3. The van der Waals surface area contributed by atoms with Crippen molar-refractivity contribution in [3.05, 3.63) is 100 Å². The molecule has 3 aromatic carbocycles. The van der Waals surface area contributed by atoms with Gasteiger partial charge in [0.2, 0.25) is 0 Å². The van der Waals surface area contributed by atoms with Crippen LogP contribution in [0.4, 0.5) is 13.2 Å². The summed E-state index contributed by atoms with van der Waals surface area (Å²) in [6, 6.07) is 3.15. The zero-order valence-corrected chi connectivity index (χ0v) is 45.9. The monoisotopic (exact) mass is 1090 g/mol. The molecule has 13 nitrogen and oxygen atoms in total. The lowest BCUT2D eigenvalue weighted by molar-refractivity contribution is -0.114. The average molecular weight is 1090 g/mol. The number of carbonyl (C=O) groups is 3. The second-order valence-electron chi connectivity index (χ2n) is 18.5. The standard InChI is InChI=1S/C54H60F3N6O7PS3/c1-7-31-34(10-4)40(55)28-43(37(31)25-46-49(64)58-52(72-46)61-19-13-14-20-61)68-71(67,69-44-29-41(56)35(11-5)32(8-2)38(44)26-47-50(65)59-53(73-47)62-21-15-16-22-62)70-45-30-42(57)36(12-6)33(9-3)39(45)27-48-51(66)60-54(74-48)63-23-17-18-24-63/h25-30H,7-24H2,1-6H3/b46-25-,47-26-,48-27-. The van der Waals surface area contributed by atoms with Crippen LogP contribution in [0.1, 0.15) is 130 Å². The number of phosphoric acid groups is 1. The van der Waals surface area contributed by atoms with Crippen LogP contribution >= 0.6 is 43.1 Å². The molecule has 0 aliphatic carbocycles. The maximum absolute atomic E-state index is 16.6. The molecule has 3 aromatic rings. The van der Waals surface area contributed by atoms with Crippen molar-refractivity contribution in [1.82, 2.24) is 14.7 Å². The fraction of sp³-hybridized carbons (Fsp3) is 0.444. The summed E-state index contributed by atoms with van der Waals surface area (Å²) in [5.41, 5.74) is 2.98. The lowest BCUT2D eigenvalue weighted by Crippen LogP contribution is -2.23. The van der Waals surface area contributed by atoms with E-state index in [1.54, 1.807) is 39.0 Å². The molecule has 0 radical (unpaired) electrons. The van der Waals surface area contributed by atoms with E-state index < -0.39 is 43.0 Å². The van der Waals surface area contributed by atoms with E-state index in [1.165, 1.54) is 35.3 Å². The predicted molar refractivity (Wildman–Crippen MR) is 291 cm³/mol. The topological polar surface area (TPSA) is 143 Å². The Kier molecular flexibility index (Phi) is 16.6. The average Bonchev–Trinajstić information content (AvgIpc) is 4.25. The van der Waals surface area contributed by atoms with Crippen molar-refractivity contribution in [2.75, 3.05) is 39.3 Å². The normalized spacial score (nSPS) is 19.9. The predicted octanol–water partition coefficient (Wildman–Crippen LogP) is 12.3. The number of likely N-dealkylation sites (tertiary alicyclic amines) is 3. The molecular formula is C54H60F3N6O7PS3. The van der Waals surface area contributed by atoms with E-state index in [0.717, 1.165) is 96.0 Å². The Morgan fingerprint density at radius 3 is 0.932 bits per heavy atom. The number of amides is 3. The van der Waals surface area contributed by atoms with Gasteiger partial charge in [-0.3, -0.25) is 14.4 Å². The summed E-state index contributed by atoms with van der Waals surface area (Å²) in [6.45, 7) is 15.3. The van der Waals surface area contributed by atoms with Gasteiger partial charge in [-0.1, -0.05) is 41.5 Å². The van der Waals surface area contributed by atoms with Crippen molar-refractivity contribution in [3.8, 4) is 17.2 Å². The highest BCUT2D eigenvalue weighted by Crippen LogP contribution is 2.55. The molecule has 3 saturated heterocycles. The highest BCUT2D eigenvalue weighted by atomic mass is 32.2. The first-order valence-electron chi connectivity index (χ1n) is 25.7. The largest absolute Gasteiger partial charge is 0.647 e. The quantitative estimate of drug-likeness (QED) is 0.105. The Bertz CT molecular complexity index is 2730. The van der Waals surface area contributed by atoms with Crippen LogP contribution in [0.2, 0.25) is 0 Å². The number of aliphatic imine (C=N–C) groups is 3. The van der Waals surface area contributed by atoms with Crippen molar-refractivity contribution in [3.63, 3.8) is 0 Å². The van der Waals surface area contributed by atoms with Gasteiger partial charge in [0, 0.05) is 74.2 Å². The minimum absolute atomic E-state index is 0.208. The van der Waals surface area contributed by atoms with Crippen molar-refractivity contribution in [2.45, 2.75) is 119 Å². The number of thioether (sulfide) groups is 3. The minimum atomic E-state index is -5.43. The van der Waals surface area contributed by atoms with Crippen LogP contribution in [0.25, 0.3) is 18.2 Å².